The first kappa shape index (κ1) is 19.6. The minimum Gasteiger partial charge on any atom is -0.493 e. The molecule has 0 aliphatic heterocycles. The molecule has 0 saturated heterocycles. The van der Waals surface area contributed by atoms with Crippen molar-refractivity contribution in [3.05, 3.63) is 62.6 Å². The Hall–Kier alpha value is -1.75. The predicted molar refractivity (Wildman–Crippen MR) is 103 cm³/mol. The second kappa shape index (κ2) is 9.66. The van der Waals surface area contributed by atoms with Gasteiger partial charge in [-0.25, -0.2) is 5.43 Å². The van der Waals surface area contributed by atoms with Gasteiger partial charge in [0.25, 0.3) is 0 Å². The lowest BCUT2D eigenvalue weighted by atomic mass is 10.2. The molecule has 2 rings (SSSR count). The Bertz CT molecular complexity index is 779. The first-order valence-corrected chi connectivity index (χ1v) is 8.75. The number of benzene rings is 2. The Morgan fingerprint density at radius 3 is 2.80 bits per heavy atom. The molecule has 2 aromatic rings. The zero-order valence-corrected chi connectivity index (χ0v) is 15.8. The number of hydrazone groups is 1. The molecule has 0 heterocycles. The summed E-state index contributed by atoms with van der Waals surface area (Å²) in [7, 11) is 0. The number of amides is 1. The second-order valence-electron chi connectivity index (χ2n) is 5.30. The fourth-order valence-electron chi connectivity index (χ4n) is 2.04. The van der Waals surface area contributed by atoms with Crippen LogP contribution in [0, 0.1) is 6.92 Å². The van der Waals surface area contributed by atoms with Crippen LogP contribution in [0.5, 0.6) is 5.75 Å². The number of nitrogens with zero attached hydrogens (tertiary/aromatic N) is 1. The van der Waals surface area contributed by atoms with Crippen molar-refractivity contribution in [3.8, 4) is 5.75 Å². The number of nitrogens with one attached hydrogen (secondary N) is 1. The van der Waals surface area contributed by atoms with Gasteiger partial charge in [-0.05, 0) is 43.2 Å². The molecule has 0 bridgehead atoms. The highest BCUT2D eigenvalue weighted by Crippen LogP contribution is 2.24. The molecule has 1 amide bonds. The van der Waals surface area contributed by atoms with Crippen molar-refractivity contribution in [3.63, 3.8) is 0 Å². The van der Waals surface area contributed by atoms with Crippen LogP contribution in [0.15, 0.2) is 41.5 Å². The highest BCUT2D eigenvalue weighted by Gasteiger charge is 2.04. The zero-order valence-electron chi connectivity index (χ0n) is 13.6. The maximum absolute atomic E-state index is 11.8. The molecule has 25 heavy (non-hydrogen) atoms. The van der Waals surface area contributed by atoms with Gasteiger partial charge in [0.05, 0.1) is 22.9 Å². The molecular formula is C18H17Cl3N2O2. The second-order valence-corrected chi connectivity index (χ2v) is 6.52. The van der Waals surface area contributed by atoms with Crippen molar-refractivity contribution in [2.24, 2.45) is 5.10 Å². The van der Waals surface area contributed by atoms with Crippen molar-refractivity contribution in [1.29, 1.82) is 0 Å². The van der Waals surface area contributed by atoms with Crippen molar-refractivity contribution in [1.82, 2.24) is 5.43 Å². The summed E-state index contributed by atoms with van der Waals surface area (Å²) in [5.41, 5.74) is 4.04. The summed E-state index contributed by atoms with van der Waals surface area (Å²) in [6, 6.07) is 10.6. The smallest absolute Gasteiger partial charge is 0.240 e. The average molecular weight is 400 g/mol. The van der Waals surface area contributed by atoms with Gasteiger partial charge in [0.1, 0.15) is 5.75 Å². The van der Waals surface area contributed by atoms with Crippen LogP contribution in [-0.4, -0.2) is 18.7 Å². The molecule has 7 heteroatoms. The van der Waals surface area contributed by atoms with Gasteiger partial charge in [-0.2, -0.15) is 5.10 Å². The van der Waals surface area contributed by atoms with E-state index in [1.165, 1.54) is 6.21 Å². The van der Waals surface area contributed by atoms with Crippen LogP contribution in [-0.2, 0) is 4.79 Å². The summed E-state index contributed by atoms with van der Waals surface area (Å²) >= 11 is 17.8. The van der Waals surface area contributed by atoms with E-state index in [0.29, 0.717) is 40.1 Å². The summed E-state index contributed by atoms with van der Waals surface area (Å²) in [4.78, 5) is 11.8. The molecule has 2 aromatic carbocycles. The third-order valence-electron chi connectivity index (χ3n) is 3.32. The molecule has 0 spiro atoms. The van der Waals surface area contributed by atoms with Gasteiger partial charge < -0.3 is 4.74 Å². The first-order chi connectivity index (χ1) is 12.0. The van der Waals surface area contributed by atoms with Crippen LogP contribution >= 0.6 is 34.8 Å². The number of hydrogen-bond acceptors (Lipinski definition) is 3. The number of carbonyl (C=O) groups is 1. The number of aryl methyl sites for hydroxylation is 1. The number of rotatable bonds is 7. The van der Waals surface area contributed by atoms with Gasteiger partial charge in [0, 0.05) is 17.0 Å². The maximum Gasteiger partial charge on any atom is 0.240 e. The molecule has 0 atom stereocenters. The van der Waals surface area contributed by atoms with E-state index in [4.69, 9.17) is 39.5 Å². The third-order valence-corrected chi connectivity index (χ3v) is 4.39. The largest absolute Gasteiger partial charge is 0.493 e. The Kier molecular flexibility index (Phi) is 7.56. The Morgan fingerprint density at radius 2 is 2.04 bits per heavy atom. The van der Waals surface area contributed by atoms with E-state index >= 15 is 0 Å². The van der Waals surface area contributed by atoms with E-state index in [0.717, 1.165) is 11.3 Å². The molecular weight excluding hydrogens is 383 g/mol. The summed E-state index contributed by atoms with van der Waals surface area (Å²) in [6.45, 7) is 2.35. The normalized spacial score (nSPS) is 10.9. The summed E-state index contributed by atoms with van der Waals surface area (Å²) in [5.74, 6) is 0.559. The van der Waals surface area contributed by atoms with Crippen molar-refractivity contribution in [2.75, 3.05) is 6.61 Å². The van der Waals surface area contributed by atoms with E-state index in [2.05, 4.69) is 10.5 Å². The maximum atomic E-state index is 11.8. The van der Waals surface area contributed by atoms with E-state index in [1.54, 1.807) is 24.3 Å². The van der Waals surface area contributed by atoms with Crippen molar-refractivity contribution in [2.45, 2.75) is 19.8 Å². The standard InChI is InChI=1S/C18H17Cl3N2O2/c1-12-10-14(19)7-8-16(12)25-9-3-6-17(24)23-22-11-13-4-2-5-15(20)18(13)21/h2,4-5,7-8,10-11H,3,6,9H2,1H3,(H,23,24). The summed E-state index contributed by atoms with van der Waals surface area (Å²) in [5, 5.41) is 5.38. The molecule has 4 nitrogen and oxygen atoms in total. The third kappa shape index (κ3) is 6.24. The summed E-state index contributed by atoms with van der Waals surface area (Å²) < 4.78 is 5.64. The van der Waals surface area contributed by atoms with Crippen LogP contribution in [0.25, 0.3) is 0 Å². The van der Waals surface area contributed by atoms with E-state index in [1.807, 2.05) is 19.1 Å². The first-order valence-electron chi connectivity index (χ1n) is 7.62. The lowest BCUT2D eigenvalue weighted by Gasteiger charge is -2.08. The molecule has 0 unspecified atom stereocenters. The Balaban J connectivity index is 1.72. The molecule has 0 aromatic heterocycles. The number of hydrogen-bond donors (Lipinski definition) is 1. The van der Waals surface area contributed by atoms with Crippen LogP contribution in [0.3, 0.4) is 0 Å². The molecule has 0 saturated carbocycles. The number of carbonyl (C=O) groups excluding carboxylic acids is 1. The molecule has 0 aliphatic carbocycles. The van der Waals surface area contributed by atoms with Crippen LogP contribution in [0.2, 0.25) is 15.1 Å². The van der Waals surface area contributed by atoms with E-state index < -0.39 is 0 Å². The van der Waals surface area contributed by atoms with Crippen molar-refractivity contribution >= 4 is 46.9 Å². The molecule has 1 N–H and O–H groups in total. The fourth-order valence-corrected chi connectivity index (χ4v) is 2.62. The fraction of sp³-hybridized carbons (Fsp3) is 0.222. The summed E-state index contributed by atoms with van der Waals surface area (Å²) in [6.07, 6.45) is 2.33. The van der Waals surface area contributed by atoms with E-state index in [9.17, 15) is 4.79 Å². The van der Waals surface area contributed by atoms with Gasteiger partial charge >= 0.3 is 0 Å². The predicted octanol–water partition coefficient (Wildman–Crippen LogP) is 5.26. The van der Waals surface area contributed by atoms with Gasteiger partial charge in [-0.3, -0.25) is 4.79 Å². The monoisotopic (exact) mass is 398 g/mol. The zero-order chi connectivity index (χ0) is 18.2. The quantitative estimate of drug-likeness (QED) is 0.392. The molecule has 0 aliphatic rings. The Morgan fingerprint density at radius 1 is 1.24 bits per heavy atom. The van der Waals surface area contributed by atoms with Gasteiger partial charge in [-0.15, -0.1) is 0 Å². The van der Waals surface area contributed by atoms with Crippen molar-refractivity contribution < 1.29 is 9.53 Å². The van der Waals surface area contributed by atoms with Gasteiger partial charge in [0.2, 0.25) is 5.91 Å². The Labute approximate surface area is 161 Å². The minimum absolute atomic E-state index is 0.203. The van der Waals surface area contributed by atoms with Crippen LogP contribution in [0.4, 0.5) is 0 Å². The molecule has 0 radical (unpaired) electrons. The van der Waals surface area contributed by atoms with Gasteiger partial charge in [-0.1, -0.05) is 46.9 Å². The highest BCUT2D eigenvalue weighted by molar-refractivity contribution is 6.43. The molecule has 132 valence electrons. The SMILES string of the molecule is Cc1cc(Cl)ccc1OCCCC(=O)NN=Cc1cccc(Cl)c1Cl. The van der Waals surface area contributed by atoms with Crippen LogP contribution < -0.4 is 10.2 Å². The number of halogens is 3. The average Bonchev–Trinajstić information content (AvgIpc) is 2.57. The minimum atomic E-state index is -0.203. The van der Waals surface area contributed by atoms with Gasteiger partial charge in [0.15, 0.2) is 0 Å². The lowest BCUT2D eigenvalue weighted by molar-refractivity contribution is -0.121. The van der Waals surface area contributed by atoms with E-state index in [-0.39, 0.29) is 5.91 Å². The highest BCUT2D eigenvalue weighted by atomic mass is 35.5. The lowest BCUT2D eigenvalue weighted by Crippen LogP contribution is -2.18. The molecule has 0 fully saturated rings. The van der Waals surface area contributed by atoms with Crippen LogP contribution in [0.1, 0.15) is 24.0 Å². The number of ether oxygens (including phenoxy) is 1. The topological polar surface area (TPSA) is 50.7 Å².